The SMILES string of the molecule is CC(CC(=O)N(Cc1cccnc1)C1CC1)c1ccccc1. The van der Waals surface area contributed by atoms with Crippen molar-refractivity contribution in [3.8, 4) is 0 Å². The van der Waals surface area contributed by atoms with Gasteiger partial charge in [0, 0.05) is 31.4 Å². The average Bonchev–Trinajstić information content (AvgIpc) is 3.39. The van der Waals surface area contributed by atoms with Crippen LogP contribution in [0.1, 0.15) is 43.2 Å². The van der Waals surface area contributed by atoms with Gasteiger partial charge in [-0.2, -0.15) is 0 Å². The molecule has 1 atom stereocenters. The number of amides is 1. The number of nitrogens with zero attached hydrogens (tertiary/aromatic N) is 2. The largest absolute Gasteiger partial charge is 0.335 e. The minimum absolute atomic E-state index is 0.253. The molecule has 0 radical (unpaired) electrons. The molecular formula is C19H22N2O. The van der Waals surface area contributed by atoms with Crippen LogP contribution in [0, 0.1) is 0 Å². The van der Waals surface area contributed by atoms with Crippen molar-refractivity contribution in [1.82, 2.24) is 9.88 Å². The van der Waals surface area contributed by atoms with Crippen molar-refractivity contribution in [1.29, 1.82) is 0 Å². The minimum atomic E-state index is 0.253. The number of aromatic nitrogens is 1. The van der Waals surface area contributed by atoms with Crippen LogP contribution in [-0.4, -0.2) is 21.8 Å². The van der Waals surface area contributed by atoms with Crippen LogP contribution in [-0.2, 0) is 11.3 Å². The molecular weight excluding hydrogens is 272 g/mol. The molecule has 0 bridgehead atoms. The van der Waals surface area contributed by atoms with E-state index in [4.69, 9.17) is 0 Å². The number of hydrogen-bond donors (Lipinski definition) is 0. The van der Waals surface area contributed by atoms with Gasteiger partial charge in [-0.15, -0.1) is 0 Å². The monoisotopic (exact) mass is 294 g/mol. The van der Waals surface area contributed by atoms with Crippen molar-refractivity contribution in [3.05, 3.63) is 66.0 Å². The molecule has 114 valence electrons. The summed E-state index contributed by atoms with van der Waals surface area (Å²) in [5.41, 5.74) is 2.34. The fraction of sp³-hybridized carbons (Fsp3) is 0.368. The van der Waals surface area contributed by atoms with Gasteiger partial charge < -0.3 is 4.90 Å². The lowest BCUT2D eigenvalue weighted by Gasteiger charge is -2.24. The summed E-state index contributed by atoms with van der Waals surface area (Å²) < 4.78 is 0. The highest BCUT2D eigenvalue weighted by molar-refractivity contribution is 5.77. The Labute approximate surface area is 132 Å². The summed E-state index contributed by atoms with van der Waals surface area (Å²) in [5, 5.41) is 0. The molecule has 22 heavy (non-hydrogen) atoms. The number of benzene rings is 1. The summed E-state index contributed by atoms with van der Waals surface area (Å²) in [6.45, 7) is 2.81. The van der Waals surface area contributed by atoms with Gasteiger partial charge in [-0.05, 0) is 36.0 Å². The quantitative estimate of drug-likeness (QED) is 0.812. The molecule has 3 rings (SSSR count). The Balaban J connectivity index is 1.65. The fourth-order valence-electron chi connectivity index (χ4n) is 2.77. The van der Waals surface area contributed by atoms with Gasteiger partial charge in [0.05, 0.1) is 0 Å². The third kappa shape index (κ3) is 3.73. The molecule has 1 amide bonds. The Morgan fingerprint density at radius 3 is 2.64 bits per heavy atom. The third-order valence-electron chi connectivity index (χ3n) is 4.23. The van der Waals surface area contributed by atoms with Gasteiger partial charge in [-0.3, -0.25) is 9.78 Å². The second-order valence-corrected chi connectivity index (χ2v) is 6.13. The Morgan fingerprint density at radius 2 is 2.00 bits per heavy atom. The van der Waals surface area contributed by atoms with Crippen molar-refractivity contribution in [2.24, 2.45) is 0 Å². The first-order valence-electron chi connectivity index (χ1n) is 7.97. The van der Waals surface area contributed by atoms with Crippen molar-refractivity contribution in [2.45, 2.75) is 44.7 Å². The van der Waals surface area contributed by atoms with Crippen LogP contribution in [0.2, 0.25) is 0 Å². The number of rotatable bonds is 6. The molecule has 0 aliphatic heterocycles. The molecule has 1 saturated carbocycles. The number of carbonyl (C=O) groups excluding carboxylic acids is 1. The van der Waals surface area contributed by atoms with E-state index in [-0.39, 0.29) is 11.8 Å². The second kappa shape index (κ2) is 6.73. The molecule has 1 aliphatic rings. The molecule has 3 nitrogen and oxygen atoms in total. The number of hydrogen-bond acceptors (Lipinski definition) is 2. The molecule has 1 aromatic carbocycles. The molecule has 3 heteroatoms. The van der Waals surface area contributed by atoms with Gasteiger partial charge in [-0.25, -0.2) is 0 Å². The molecule has 1 unspecified atom stereocenters. The maximum absolute atomic E-state index is 12.7. The Morgan fingerprint density at radius 1 is 1.23 bits per heavy atom. The average molecular weight is 294 g/mol. The summed E-state index contributed by atoms with van der Waals surface area (Å²) in [6.07, 6.45) is 6.45. The summed E-state index contributed by atoms with van der Waals surface area (Å²) in [7, 11) is 0. The normalized spacial score (nSPS) is 15.3. The Bertz CT molecular complexity index is 608. The zero-order valence-corrected chi connectivity index (χ0v) is 13.0. The lowest BCUT2D eigenvalue weighted by Crippen LogP contribution is -2.33. The van der Waals surface area contributed by atoms with Crippen LogP contribution in [0.25, 0.3) is 0 Å². The first-order valence-corrected chi connectivity index (χ1v) is 7.97. The van der Waals surface area contributed by atoms with Crippen LogP contribution in [0.4, 0.5) is 0 Å². The van der Waals surface area contributed by atoms with E-state index in [0.717, 1.165) is 18.4 Å². The molecule has 2 aromatic rings. The first kappa shape index (κ1) is 14.8. The maximum atomic E-state index is 12.7. The van der Waals surface area contributed by atoms with E-state index in [1.165, 1.54) is 5.56 Å². The standard InChI is InChI=1S/C19H22N2O/c1-15(17-7-3-2-4-8-17)12-19(22)21(18-9-10-18)14-16-6-5-11-20-13-16/h2-8,11,13,15,18H,9-10,12,14H2,1H3. The highest BCUT2D eigenvalue weighted by atomic mass is 16.2. The van der Waals surface area contributed by atoms with Gasteiger partial charge in [0.25, 0.3) is 0 Å². The van der Waals surface area contributed by atoms with E-state index >= 15 is 0 Å². The predicted molar refractivity (Wildman–Crippen MR) is 87.3 cm³/mol. The lowest BCUT2D eigenvalue weighted by molar-refractivity contribution is -0.132. The number of pyridine rings is 1. The van der Waals surface area contributed by atoms with Crippen LogP contribution >= 0.6 is 0 Å². The van der Waals surface area contributed by atoms with Crippen LogP contribution < -0.4 is 0 Å². The molecule has 0 spiro atoms. The van der Waals surface area contributed by atoms with Crippen molar-refractivity contribution in [3.63, 3.8) is 0 Å². The predicted octanol–water partition coefficient (Wildman–Crippen LogP) is 3.77. The van der Waals surface area contributed by atoms with Crippen molar-refractivity contribution >= 4 is 5.91 Å². The van der Waals surface area contributed by atoms with Crippen LogP contribution in [0.3, 0.4) is 0 Å². The number of carbonyl (C=O) groups is 1. The molecule has 1 fully saturated rings. The highest BCUT2D eigenvalue weighted by Gasteiger charge is 2.33. The van der Waals surface area contributed by atoms with Gasteiger partial charge in [0.1, 0.15) is 0 Å². The maximum Gasteiger partial charge on any atom is 0.223 e. The third-order valence-corrected chi connectivity index (χ3v) is 4.23. The van der Waals surface area contributed by atoms with Crippen molar-refractivity contribution < 1.29 is 4.79 Å². The van der Waals surface area contributed by atoms with E-state index in [1.807, 2.05) is 41.4 Å². The zero-order valence-electron chi connectivity index (χ0n) is 13.0. The van der Waals surface area contributed by atoms with Crippen LogP contribution in [0.5, 0.6) is 0 Å². The van der Waals surface area contributed by atoms with Gasteiger partial charge >= 0.3 is 0 Å². The highest BCUT2D eigenvalue weighted by Crippen LogP contribution is 2.30. The summed E-state index contributed by atoms with van der Waals surface area (Å²) in [4.78, 5) is 18.9. The molecule has 1 aromatic heterocycles. The van der Waals surface area contributed by atoms with Crippen molar-refractivity contribution in [2.75, 3.05) is 0 Å². The minimum Gasteiger partial charge on any atom is -0.335 e. The molecule has 0 saturated heterocycles. The van der Waals surface area contributed by atoms with Crippen LogP contribution in [0.15, 0.2) is 54.9 Å². The lowest BCUT2D eigenvalue weighted by atomic mass is 9.97. The second-order valence-electron chi connectivity index (χ2n) is 6.13. The van der Waals surface area contributed by atoms with Gasteiger partial charge in [0.2, 0.25) is 5.91 Å². The Hall–Kier alpha value is -2.16. The Kier molecular flexibility index (Phi) is 4.52. The zero-order chi connectivity index (χ0) is 15.4. The summed E-state index contributed by atoms with van der Waals surface area (Å²) >= 11 is 0. The van der Waals surface area contributed by atoms with E-state index in [0.29, 0.717) is 19.0 Å². The van der Waals surface area contributed by atoms with E-state index < -0.39 is 0 Å². The van der Waals surface area contributed by atoms with E-state index in [9.17, 15) is 4.79 Å². The topological polar surface area (TPSA) is 33.2 Å². The summed E-state index contributed by atoms with van der Waals surface area (Å²) in [6, 6.07) is 14.7. The molecule has 1 heterocycles. The van der Waals surface area contributed by atoms with E-state index in [1.54, 1.807) is 6.20 Å². The smallest absolute Gasteiger partial charge is 0.223 e. The van der Waals surface area contributed by atoms with Gasteiger partial charge in [-0.1, -0.05) is 43.3 Å². The molecule has 0 N–H and O–H groups in total. The molecule has 1 aliphatic carbocycles. The summed E-state index contributed by atoms with van der Waals surface area (Å²) in [5.74, 6) is 0.506. The van der Waals surface area contributed by atoms with E-state index in [2.05, 4.69) is 24.0 Å². The fourth-order valence-corrected chi connectivity index (χ4v) is 2.77. The van der Waals surface area contributed by atoms with Gasteiger partial charge in [0.15, 0.2) is 0 Å². The first-order chi connectivity index (χ1) is 10.7.